The zero-order valence-electron chi connectivity index (χ0n) is 12.9. The van der Waals surface area contributed by atoms with Gasteiger partial charge in [0.15, 0.2) is 11.6 Å². The van der Waals surface area contributed by atoms with Gasteiger partial charge in [0.05, 0.1) is 18.5 Å². The Morgan fingerprint density at radius 1 is 1.04 bits per heavy atom. The molecular formula is C17H14F2N4O. The minimum absolute atomic E-state index is 0.275. The molecule has 5 nitrogen and oxygen atoms in total. The molecule has 0 aliphatic carbocycles. The van der Waals surface area contributed by atoms with Crippen LogP contribution in [0.1, 0.15) is 18.2 Å². The Morgan fingerprint density at radius 2 is 1.83 bits per heavy atom. The molecule has 0 saturated carbocycles. The van der Waals surface area contributed by atoms with E-state index < -0.39 is 11.6 Å². The second kappa shape index (κ2) is 7.08. The summed E-state index contributed by atoms with van der Waals surface area (Å²) in [7, 11) is 0. The van der Waals surface area contributed by atoms with Crippen LogP contribution >= 0.6 is 0 Å². The van der Waals surface area contributed by atoms with E-state index in [9.17, 15) is 8.78 Å². The Kier molecular flexibility index (Phi) is 4.69. The van der Waals surface area contributed by atoms with Crippen LogP contribution in [0.5, 0.6) is 5.88 Å². The van der Waals surface area contributed by atoms with E-state index in [4.69, 9.17) is 4.74 Å². The van der Waals surface area contributed by atoms with Crippen molar-refractivity contribution in [2.45, 2.75) is 13.3 Å². The van der Waals surface area contributed by atoms with E-state index in [1.807, 2.05) is 6.92 Å². The predicted molar refractivity (Wildman–Crippen MR) is 83.4 cm³/mol. The minimum Gasteiger partial charge on any atom is -0.476 e. The van der Waals surface area contributed by atoms with Gasteiger partial charge in [0.2, 0.25) is 5.88 Å². The highest BCUT2D eigenvalue weighted by Gasteiger charge is 2.14. The number of nitrogens with zero attached hydrogens (tertiary/aromatic N) is 4. The van der Waals surface area contributed by atoms with Gasteiger partial charge >= 0.3 is 0 Å². The SMILES string of the molecule is CCOc1ncc(Cc2cncnc2)nc1-c1ccc(F)c(F)c1. The van der Waals surface area contributed by atoms with Crippen LogP contribution in [0.4, 0.5) is 8.78 Å². The van der Waals surface area contributed by atoms with Crippen LogP contribution in [-0.2, 0) is 6.42 Å². The van der Waals surface area contributed by atoms with Crippen molar-refractivity contribution in [1.29, 1.82) is 0 Å². The standard InChI is InChI=1S/C17H14F2N4O/c1-2-24-17-16(12-3-4-14(18)15(19)6-12)23-13(9-22-17)5-11-7-20-10-21-8-11/h3-4,6-10H,2,5H2,1H3. The van der Waals surface area contributed by atoms with E-state index in [1.165, 1.54) is 12.4 Å². The summed E-state index contributed by atoms with van der Waals surface area (Å²) in [6, 6.07) is 3.58. The molecule has 2 aromatic heterocycles. The first-order valence-corrected chi connectivity index (χ1v) is 7.35. The predicted octanol–water partition coefficient (Wildman–Crippen LogP) is 3.20. The average molecular weight is 328 g/mol. The molecule has 2 heterocycles. The maximum atomic E-state index is 13.5. The number of ether oxygens (including phenoxy) is 1. The number of halogens is 2. The van der Waals surface area contributed by atoms with Crippen LogP contribution in [0.15, 0.2) is 43.1 Å². The van der Waals surface area contributed by atoms with Crippen LogP contribution in [0.3, 0.4) is 0 Å². The number of hydrogen-bond acceptors (Lipinski definition) is 5. The lowest BCUT2D eigenvalue weighted by atomic mass is 10.1. The van der Waals surface area contributed by atoms with Gasteiger partial charge in [0.1, 0.15) is 12.0 Å². The van der Waals surface area contributed by atoms with E-state index in [0.29, 0.717) is 30.0 Å². The molecule has 0 saturated heterocycles. The number of benzene rings is 1. The van der Waals surface area contributed by atoms with Gasteiger partial charge in [-0.25, -0.2) is 28.7 Å². The van der Waals surface area contributed by atoms with Crippen molar-refractivity contribution in [3.8, 4) is 17.1 Å². The lowest BCUT2D eigenvalue weighted by Gasteiger charge is -2.10. The first kappa shape index (κ1) is 15.9. The van der Waals surface area contributed by atoms with Crippen LogP contribution in [0.25, 0.3) is 11.3 Å². The molecule has 122 valence electrons. The van der Waals surface area contributed by atoms with Crippen LogP contribution in [0.2, 0.25) is 0 Å². The van der Waals surface area contributed by atoms with Crippen LogP contribution in [-0.4, -0.2) is 26.5 Å². The van der Waals surface area contributed by atoms with Crippen molar-refractivity contribution in [3.05, 3.63) is 66.0 Å². The van der Waals surface area contributed by atoms with Gasteiger partial charge in [-0.3, -0.25) is 0 Å². The Morgan fingerprint density at radius 3 is 2.54 bits per heavy atom. The molecule has 0 atom stereocenters. The normalized spacial score (nSPS) is 10.6. The quantitative estimate of drug-likeness (QED) is 0.720. The highest BCUT2D eigenvalue weighted by molar-refractivity contribution is 5.64. The topological polar surface area (TPSA) is 60.8 Å². The fraction of sp³-hybridized carbons (Fsp3) is 0.176. The lowest BCUT2D eigenvalue weighted by molar-refractivity contribution is 0.326. The maximum Gasteiger partial charge on any atom is 0.240 e. The van der Waals surface area contributed by atoms with Gasteiger partial charge in [0.25, 0.3) is 0 Å². The highest BCUT2D eigenvalue weighted by Crippen LogP contribution is 2.28. The van der Waals surface area contributed by atoms with Crippen molar-refractivity contribution in [1.82, 2.24) is 19.9 Å². The molecule has 0 spiro atoms. The molecule has 1 aromatic carbocycles. The van der Waals surface area contributed by atoms with E-state index >= 15 is 0 Å². The molecule has 0 fully saturated rings. The molecule has 7 heteroatoms. The van der Waals surface area contributed by atoms with Gasteiger partial charge in [-0.05, 0) is 30.7 Å². The monoisotopic (exact) mass is 328 g/mol. The summed E-state index contributed by atoms with van der Waals surface area (Å²) < 4.78 is 32.2. The summed E-state index contributed by atoms with van der Waals surface area (Å²) in [5.74, 6) is -1.59. The first-order chi connectivity index (χ1) is 11.7. The summed E-state index contributed by atoms with van der Waals surface area (Å²) in [6.45, 7) is 2.20. The third-order valence-electron chi connectivity index (χ3n) is 3.26. The summed E-state index contributed by atoms with van der Waals surface area (Å²) in [4.78, 5) is 16.7. The smallest absolute Gasteiger partial charge is 0.240 e. The molecule has 24 heavy (non-hydrogen) atoms. The average Bonchev–Trinajstić information content (AvgIpc) is 2.60. The zero-order valence-corrected chi connectivity index (χ0v) is 12.9. The fourth-order valence-corrected chi connectivity index (χ4v) is 2.20. The summed E-state index contributed by atoms with van der Waals surface area (Å²) in [5, 5.41) is 0. The minimum atomic E-state index is -0.946. The Bertz CT molecular complexity index is 843. The lowest BCUT2D eigenvalue weighted by Crippen LogP contribution is -2.03. The van der Waals surface area contributed by atoms with Crippen LogP contribution < -0.4 is 4.74 Å². The van der Waals surface area contributed by atoms with Crippen molar-refractivity contribution in [3.63, 3.8) is 0 Å². The van der Waals surface area contributed by atoms with E-state index in [0.717, 1.165) is 17.7 Å². The van der Waals surface area contributed by atoms with Gasteiger partial charge in [-0.2, -0.15) is 0 Å². The van der Waals surface area contributed by atoms with E-state index in [2.05, 4.69) is 19.9 Å². The van der Waals surface area contributed by atoms with Crippen molar-refractivity contribution >= 4 is 0 Å². The molecule has 0 amide bonds. The van der Waals surface area contributed by atoms with E-state index in [-0.39, 0.29) is 5.88 Å². The van der Waals surface area contributed by atoms with E-state index in [1.54, 1.807) is 18.6 Å². The summed E-state index contributed by atoms with van der Waals surface area (Å²) in [5.41, 5.74) is 2.28. The van der Waals surface area contributed by atoms with Gasteiger partial charge in [-0.1, -0.05) is 0 Å². The molecule has 0 N–H and O–H groups in total. The second-order valence-corrected chi connectivity index (χ2v) is 5.00. The molecule has 3 rings (SSSR count). The number of rotatable bonds is 5. The van der Waals surface area contributed by atoms with Crippen molar-refractivity contribution in [2.75, 3.05) is 6.61 Å². The van der Waals surface area contributed by atoms with Crippen LogP contribution in [0, 0.1) is 11.6 Å². The molecular weight excluding hydrogens is 314 g/mol. The van der Waals surface area contributed by atoms with Gasteiger partial charge < -0.3 is 4.74 Å². The Hall–Kier alpha value is -2.96. The molecule has 0 bridgehead atoms. The molecule has 0 radical (unpaired) electrons. The zero-order chi connectivity index (χ0) is 16.9. The molecule has 0 aliphatic rings. The Labute approximate surface area is 137 Å². The summed E-state index contributed by atoms with van der Waals surface area (Å²) >= 11 is 0. The third kappa shape index (κ3) is 3.51. The van der Waals surface area contributed by atoms with Gasteiger partial charge in [-0.15, -0.1) is 0 Å². The number of aromatic nitrogens is 4. The molecule has 0 unspecified atom stereocenters. The first-order valence-electron chi connectivity index (χ1n) is 7.35. The highest BCUT2D eigenvalue weighted by atomic mass is 19.2. The number of hydrogen-bond donors (Lipinski definition) is 0. The fourth-order valence-electron chi connectivity index (χ4n) is 2.20. The third-order valence-corrected chi connectivity index (χ3v) is 3.26. The van der Waals surface area contributed by atoms with Gasteiger partial charge in [0, 0.05) is 24.4 Å². The Balaban J connectivity index is 2.01. The largest absolute Gasteiger partial charge is 0.476 e. The molecule has 3 aromatic rings. The van der Waals surface area contributed by atoms with Crippen molar-refractivity contribution < 1.29 is 13.5 Å². The summed E-state index contributed by atoms with van der Waals surface area (Å²) in [6.07, 6.45) is 6.86. The second-order valence-electron chi connectivity index (χ2n) is 5.00. The maximum absolute atomic E-state index is 13.5. The van der Waals surface area contributed by atoms with Crippen molar-refractivity contribution in [2.24, 2.45) is 0 Å². The molecule has 0 aliphatic heterocycles.